The molecule has 0 aliphatic rings. The number of carbonyl (C=O) groups excluding carboxylic acids is 1. The van der Waals surface area contributed by atoms with Gasteiger partial charge >= 0.3 is 26.2 Å². The van der Waals surface area contributed by atoms with Gasteiger partial charge in [-0.2, -0.15) is 5.57 Å². The molecule has 0 atom stereocenters. The Morgan fingerprint density at radius 3 is 1.62 bits per heavy atom. The summed E-state index contributed by atoms with van der Waals surface area (Å²) in [6, 6.07) is 0. The molecule has 1 nitrogen and oxygen atoms in total. The molecule has 0 bridgehead atoms. The van der Waals surface area contributed by atoms with E-state index in [1.807, 2.05) is 0 Å². The average Bonchev–Trinajstić information content (AvgIpc) is 1.38. The van der Waals surface area contributed by atoms with Gasteiger partial charge in [-0.15, -0.1) is 0 Å². The molecule has 45 valence electrons. The van der Waals surface area contributed by atoms with Crippen molar-refractivity contribution in [2.75, 3.05) is 0 Å². The summed E-state index contributed by atoms with van der Waals surface area (Å²) >= 11 is 0. The molecule has 0 N–H and O–H groups in total. The maximum absolute atomic E-state index is 9.28. The quantitative estimate of drug-likeness (QED) is 0.325. The molecule has 0 aromatic rings. The van der Waals surface area contributed by atoms with Crippen LogP contribution in [0.3, 0.4) is 0 Å². The van der Waals surface area contributed by atoms with E-state index in [0.717, 1.165) is 0 Å². The van der Waals surface area contributed by atoms with E-state index in [4.69, 9.17) is 0 Å². The fraction of sp³-hybridized carbons (Fsp3) is 0.250. The van der Waals surface area contributed by atoms with E-state index in [2.05, 4.69) is 6.58 Å². The fourth-order valence-corrected chi connectivity index (χ4v) is 0. The van der Waals surface area contributed by atoms with Gasteiger partial charge in [0.2, 0.25) is 0 Å². The van der Waals surface area contributed by atoms with Gasteiger partial charge in [-0.1, -0.05) is 6.92 Å². The van der Waals surface area contributed by atoms with Crippen molar-refractivity contribution >= 4 is 6.29 Å². The van der Waals surface area contributed by atoms with Gasteiger partial charge in [0.15, 0.2) is 0 Å². The molecular weight excluding hydrogens is 226 g/mol. The third kappa shape index (κ3) is 28.7. The van der Waals surface area contributed by atoms with Crippen LogP contribution < -0.4 is 24.8 Å². The SMILES string of the molecule is C=C(C)[C-]=O.[Cl-].[Cl-].[Zr+3]. The van der Waals surface area contributed by atoms with Crippen LogP contribution in [0.15, 0.2) is 12.2 Å². The third-order valence-corrected chi connectivity index (χ3v) is 0.174. The Morgan fingerprint density at radius 1 is 1.50 bits per heavy atom. The van der Waals surface area contributed by atoms with Crippen molar-refractivity contribution in [2.45, 2.75) is 6.92 Å². The van der Waals surface area contributed by atoms with Crippen molar-refractivity contribution in [1.29, 1.82) is 0 Å². The molecule has 0 unspecified atom stereocenters. The summed E-state index contributed by atoms with van der Waals surface area (Å²) in [5.74, 6) is 0. The van der Waals surface area contributed by atoms with Crippen LogP contribution in [-0.2, 0) is 31.0 Å². The Morgan fingerprint density at radius 2 is 1.62 bits per heavy atom. The summed E-state index contributed by atoms with van der Waals surface area (Å²) in [6.45, 7) is 4.85. The van der Waals surface area contributed by atoms with Crippen molar-refractivity contribution < 1.29 is 55.8 Å². The Bertz CT molecular complexity index is 65.1. The fourth-order valence-electron chi connectivity index (χ4n) is 0. The first kappa shape index (κ1) is 23.2. The predicted octanol–water partition coefficient (Wildman–Crippen LogP) is -5.32. The van der Waals surface area contributed by atoms with Crippen molar-refractivity contribution in [3.05, 3.63) is 12.2 Å². The van der Waals surface area contributed by atoms with E-state index < -0.39 is 0 Å². The molecule has 1 radical (unpaired) electrons. The smallest absolute Gasteiger partial charge is 1.00 e. The monoisotopic (exact) mass is 229 g/mol. The molecule has 0 rings (SSSR count). The number of hydrogen-bond acceptors (Lipinski definition) is 1. The van der Waals surface area contributed by atoms with E-state index >= 15 is 0 Å². The van der Waals surface area contributed by atoms with Gasteiger partial charge in [0.05, 0.1) is 0 Å². The first-order valence-corrected chi connectivity index (χ1v) is 1.31. The largest absolute Gasteiger partial charge is 3.00 e. The van der Waals surface area contributed by atoms with Crippen LogP contribution in [-0.4, -0.2) is 6.29 Å². The molecule has 8 heavy (non-hydrogen) atoms. The minimum Gasteiger partial charge on any atom is -1.00 e. The van der Waals surface area contributed by atoms with Gasteiger partial charge in [0.1, 0.15) is 0 Å². The predicted molar refractivity (Wildman–Crippen MR) is 20.5 cm³/mol. The number of hydrogen-bond donors (Lipinski definition) is 0. The normalized spacial score (nSPS) is 4.12. The van der Waals surface area contributed by atoms with Crippen LogP contribution in [0.1, 0.15) is 6.92 Å². The second-order valence-electron chi connectivity index (χ2n) is 0.882. The standard InChI is InChI=1S/C4H5O.2ClH.Zr/c1-4(2)3-5;;;/h1H2,2H3;2*1H;/q-1;;;+3/p-2. The van der Waals surface area contributed by atoms with Crippen LogP contribution in [0.2, 0.25) is 0 Å². The molecule has 0 heterocycles. The maximum Gasteiger partial charge on any atom is 3.00 e. The van der Waals surface area contributed by atoms with E-state index in [-0.39, 0.29) is 51.0 Å². The molecule has 0 fully saturated rings. The zero-order valence-electron chi connectivity index (χ0n) is 4.37. The van der Waals surface area contributed by atoms with E-state index in [0.29, 0.717) is 5.57 Å². The second-order valence-corrected chi connectivity index (χ2v) is 0.882. The minimum atomic E-state index is 0. The second kappa shape index (κ2) is 15.7. The molecule has 0 spiro atoms. The van der Waals surface area contributed by atoms with Crippen molar-refractivity contribution in [3.8, 4) is 0 Å². The summed E-state index contributed by atoms with van der Waals surface area (Å²) < 4.78 is 0. The third-order valence-electron chi connectivity index (χ3n) is 0.174. The summed E-state index contributed by atoms with van der Waals surface area (Å²) in [5.41, 5.74) is 0.449. The first-order chi connectivity index (χ1) is 2.27. The molecule has 0 aromatic heterocycles. The van der Waals surface area contributed by atoms with Crippen molar-refractivity contribution in [2.24, 2.45) is 0 Å². The van der Waals surface area contributed by atoms with Gasteiger partial charge < -0.3 is 29.6 Å². The Labute approximate surface area is 80.9 Å². The molecule has 0 saturated carbocycles. The first-order valence-electron chi connectivity index (χ1n) is 1.31. The molecular formula is C4H5Cl2OZr. The molecule has 0 saturated heterocycles. The molecule has 0 aliphatic carbocycles. The number of rotatable bonds is 1. The van der Waals surface area contributed by atoms with Crippen LogP contribution in [0.5, 0.6) is 0 Å². The minimum absolute atomic E-state index is 0. The van der Waals surface area contributed by atoms with Crippen molar-refractivity contribution in [3.63, 3.8) is 0 Å². The van der Waals surface area contributed by atoms with Crippen LogP contribution >= 0.6 is 0 Å². The molecule has 4 heteroatoms. The van der Waals surface area contributed by atoms with Gasteiger partial charge in [0, 0.05) is 0 Å². The Balaban J connectivity index is -0.0000000267. The molecule has 0 aliphatic heterocycles. The zero-order valence-corrected chi connectivity index (χ0v) is 8.34. The number of allylic oxidation sites excluding steroid dienone is 1. The average molecular weight is 231 g/mol. The van der Waals surface area contributed by atoms with E-state index in [1.165, 1.54) is 0 Å². The van der Waals surface area contributed by atoms with Gasteiger partial charge in [-0.25, -0.2) is 6.58 Å². The van der Waals surface area contributed by atoms with Crippen LogP contribution in [0, 0.1) is 0 Å². The molecule has 0 aromatic carbocycles. The van der Waals surface area contributed by atoms with E-state index in [9.17, 15) is 4.79 Å². The topological polar surface area (TPSA) is 17.1 Å². The Kier molecular flexibility index (Phi) is 45.3. The Hall–Kier alpha value is 0.873. The summed E-state index contributed by atoms with van der Waals surface area (Å²) in [5, 5.41) is 0. The van der Waals surface area contributed by atoms with Crippen LogP contribution in [0.25, 0.3) is 0 Å². The van der Waals surface area contributed by atoms with Gasteiger partial charge in [-0.3, -0.25) is 0 Å². The summed E-state index contributed by atoms with van der Waals surface area (Å²) in [4.78, 5) is 9.28. The summed E-state index contributed by atoms with van der Waals surface area (Å²) in [6.07, 6.45) is 1.58. The zero-order chi connectivity index (χ0) is 4.28. The van der Waals surface area contributed by atoms with Crippen LogP contribution in [0.4, 0.5) is 0 Å². The summed E-state index contributed by atoms with van der Waals surface area (Å²) in [7, 11) is 0. The number of halogens is 2. The van der Waals surface area contributed by atoms with Crippen molar-refractivity contribution in [1.82, 2.24) is 0 Å². The van der Waals surface area contributed by atoms with Gasteiger partial charge in [-0.05, 0) is 6.29 Å². The maximum atomic E-state index is 9.28. The van der Waals surface area contributed by atoms with Gasteiger partial charge in [0.25, 0.3) is 0 Å². The molecule has 0 amide bonds. The van der Waals surface area contributed by atoms with E-state index in [1.54, 1.807) is 13.2 Å².